The molecule has 1 aromatic carbocycles. The van der Waals surface area contributed by atoms with Gasteiger partial charge in [-0.15, -0.1) is 0 Å². The minimum atomic E-state index is -0.234. The van der Waals surface area contributed by atoms with Gasteiger partial charge in [0.05, 0.1) is 0 Å². The van der Waals surface area contributed by atoms with E-state index in [1.54, 1.807) is 6.07 Å². The van der Waals surface area contributed by atoms with Crippen LogP contribution in [0.5, 0.6) is 0 Å². The van der Waals surface area contributed by atoms with Crippen LogP contribution in [-0.4, -0.2) is 6.03 Å². The summed E-state index contributed by atoms with van der Waals surface area (Å²) in [4.78, 5) is 11.8. The summed E-state index contributed by atoms with van der Waals surface area (Å²) in [6.07, 6.45) is 6.88. The normalized spacial score (nSPS) is 16.2. The summed E-state index contributed by atoms with van der Waals surface area (Å²) >= 11 is 6.03. The molecule has 0 heterocycles. The van der Waals surface area contributed by atoms with E-state index >= 15 is 0 Å². The Labute approximate surface area is 125 Å². The maximum Gasteiger partial charge on any atom is 0.323 e. The molecular weight excluding hydrogens is 272 g/mol. The van der Waals surface area contributed by atoms with Gasteiger partial charge < -0.3 is 10.6 Å². The highest BCUT2D eigenvalue weighted by molar-refractivity contribution is 6.31. The molecule has 1 aliphatic rings. The molecule has 1 aromatic rings. The molecule has 1 saturated carbocycles. The molecule has 4 heteroatoms. The van der Waals surface area contributed by atoms with Crippen LogP contribution in [0.3, 0.4) is 0 Å². The highest BCUT2D eigenvalue weighted by Gasteiger charge is 2.16. The fourth-order valence-corrected chi connectivity index (χ4v) is 2.70. The molecule has 108 valence electrons. The average Bonchev–Trinajstić information content (AvgIpc) is 2.94. The molecule has 0 radical (unpaired) electrons. The maximum atomic E-state index is 11.8. The fraction of sp³-hybridized carbons (Fsp3) is 0.438. The second kappa shape index (κ2) is 6.80. The van der Waals surface area contributed by atoms with Gasteiger partial charge in [0.15, 0.2) is 0 Å². The smallest absolute Gasteiger partial charge is 0.314 e. The first kappa shape index (κ1) is 14.9. The molecule has 2 amide bonds. The third-order valence-corrected chi connectivity index (χ3v) is 4.27. The van der Waals surface area contributed by atoms with E-state index < -0.39 is 0 Å². The molecule has 0 saturated heterocycles. The van der Waals surface area contributed by atoms with Crippen LogP contribution in [-0.2, 0) is 0 Å². The third-order valence-electron chi connectivity index (χ3n) is 3.86. The third kappa shape index (κ3) is 4.01. The first-order valence-electron chi connectivity index (χ1n) is 7.06. The number of hydrogen-bond acceptors (Lipinski definition) is 1. The predicted octanol–water partition coefficient (Wildman–Crippen LogP) is 4.86. The Morgan fingerprint density at radius 2 is 2.05 bits per heavy atom. The van der Waals surface area contributed by atoms with E-state index in [4.69, 9.17) is 11.6 Å². The molecule has 2 rings (SSSR count). The van der Waals surface area contributed by atoms with Crippen LogP contribution in [0, 0.1) is 12.8 Å². The highest BCUT2D eigenvalue weighted by atomic mass is 35.5. The lowest BCUT2D eigenvalue weighted by molar-refractivity contribution is 0.255. The molecule has 0 aromatic heterocycles. The molecule has 0 aliphatic heterocycles. The van der Waals surface area contributed by atoms with Crippen molar-refractivity contribution < 1.29 is 4.79 Å². The van der Waals surface area contributed by atoms with Crippen LogP contribution in [0.15, 0.2) is 30.0 Å². The lowest BCUT2D eigenvalue weighted by Gasteiger charge is -2.11. The Balaban J connectivity index is 1.88. The van der Waals surface area contributed by atoms with E-state index in [1.165, 1.54) is 31.3 Å². The Morgan fingerprint density at radius 1 is 1.35 bits per heavy atom. The number of benzene rings is 1. The maximum absolute atomic E-state index is 11.8. The zero-order valence-electron chi connectivity index (χ0n) is 12.0. The first-order valence-corrected chi connectivity index (χ1v) is 7.44. The van der Waals surface area contributed by atoms with Gasteiger partial charge in [0, 0.05) is 16.9 Å². The van der Waals surface area contributed by atoms with Crippen LogP contribution in [0.1, 0.15) is 38.2 Å². The number of carbonyl (C=O) groups is 1. The number of carbonyl (C=O) groups excluding carboxylic acids is 1. The van der Waals surface area contributed by atoms with Gasteiger partial charge in [-0.25, -0.2) is 4.79 Å². The van der Waals surface area contributed by atoms with Crippen molar-refractivity contribution in [3.8, 4) is 0 Å². The summed E-state index contributed by atoms with van der Waals surface area (Å²) < 4.78 is 0. The molecule has 0 spiro atoms. The SMILES string of the molecule is C/C(=C\NC(=O)Nc1ccc(C)c(Cl)c1)C1CCCC1. The van der Waals surface area contributed by atoms with Gasteiger partial charge in [0.1, 0.15) is 0 Å². The van der Waals surface area contributed by atoms with Gasteiger partial charge in [-0.3, -0.25) is 0 Å². The minimum Gasteiger partial charge on any atom is -0.314 e. The van der Waals surface area contributed by atoms with E-state index in [-0.39, 0.29) is 6.03 Å². The van der Waals surface area contributed by atoms with E-state index in [9.17, 15) is 4.79 Å². The predicted molar refractivity (Wildman–Crippen MR) is 84.1 cm³/mol. The summed E-state index contributed by atoms with van der Waals surface area (Å²) in [5.74, 6) is 0.629. The molecule has 1 fully saturated rings. The van der Waals surface area contributed by atoms with Gasteiger partial charge in [-0.1, -0.05) is 36.1 Å². The lowest BCUT2D eigenvalue weighted by Crippen LogP contribution is -2.24. The number of hydrogen-bond donors (Lipinski definition) is 2. The van der Waals surface area contributed by atoms with E-state index in [0.717, 1.165) is 5.56 Å². The average molecular weight is 293 g/mol. The van der Waals surface area contributed by atoms with Crippen molar-refractivity contribution in [3.05, 3.63) is 40.6 Å². The molecule has 0 atom stereocenters. The number of nitrogens with one attached hydrogen (secondary N) is 2. The quantitative estimate of drug-likeness (QED) is 0.820. The summed E-state index contributed by atoms with van der Waals surface area (Å²) in [5, 5.41) is 6.22. The summed E-state index contributed by atoms with van der Waals surface area (Å²) in [6, 6.07) is 5.25. The minimum absolute atomic E-state index is 0.234. The zero-order chi connectivity index (χ0) is 14.5. The largest absolute Gasteiger partial charge is 0.323 e. The van der Waals surface area contributed by atoms with Crippen LogP contribution < -0.4 is 10.6 Å². The van der Waals surface area contributed by atoms with E-state index in [0.29, 0.717) is 16.6 Å². The van der Waals surface area contributed by atoms with Crippen molar-refractivity contribution in [2.24, 2.45) is 5.92 Å². The van der Waals surface area contributed by atoms with E-state index in [1.807, 2.05) is 25.3 Å². The van der Waals surface area contributed by atoms with Crippen molar-refractivity contribution in [3.63, 3.8) is 0 Å². The molecule has 2 N–H and O–H groups in total. The second-order valence-electron chi connectivity index (χ2n) is 5.43. The molecular formula is C16H21ClN2O. The number of amides is 2. The van der Waals surface area contributed by atoms with Gasteiger partial charge in [-0.2, -0.15) is 0 Å². The molecule has 1 aliphatic carbocycles. The monoisotopic (exact) mass is 292 g/mol. The number of allylic oxidation sites excluding steroid dienone is 1. The number of anilines is 1. The van der Waals surface area contributed by atoms with Crippen molar-refractivity contribution in [1.29, 1.82) is 0 Å². The van der Waals surface area contributed by atoms with Gasteiger partial charge in [-0.05, 0) is 50.3 Å². The van der Waals surface area contributed by atoms with Crippen molar-refractivity contribution in [1.82, 2.24) is 5.32 Å². The van der Waals surface area contributed by atoms with Gasteiger partial charge in [0.2, 0.25) is 0 Å². The van der Waals surface area contributed by atoms with Crippen molar-refractivity contribution in [2.45, 2.75) is 39.5 Å². The van der Waals surface area contributed by atoms with Crippen LogP contribution >= 0.6 is 11.6 Å². The fourth-order valence-electron chi connectivity index (χ4n) is 2.52. The Hall–Kier alpha value is -1.48. The summed E-state index contributed by atoms with van der Waals surface area (Å²) in [7, 11) is 0. The van der Waals surface area contributed by atoms with Crippen LogP contribution in [0.4, 0.5) is 10.5 Å². The molecule has 20 heavy (non-hydrogen) atoms. The first-order chi connectivity index (χ1) is 9.56. The van der Waals surface area contributed by atoms with E-state index in [2.05, 4.69) is 17.6 Å². The van der Waals surface area contributed by atoms with Gasteiger partial charge in [0.25, 0.3) is 0 Å². The molecule has 0 bridgehead atoms. The zero-order valence-corrected chi connectivity index (χ0v) is 12.8. The Kier molecular flexibility index (Phi) is 5.07. The standard InChI is InChI=1S/C16H21ClN2O/c1-11-7-8-14(9-15(11)17)19-16(20)18-10-12(2)13-5-3-4-6-13/h7-10,13H,3-6H2,1-2H3,(H2,18,19,20)/b12-10+. The topological polar surface area (TPSA) is 41.1 Å². The second-order valence-corrected chi connectivity index (χ2v) is 5.84. The lowest BCUT2D eigenvalue weighted by atomic mass is 10.0. The Bertz CT molecular complexity index is 519. The number of rotatable bonds is 3. The molecule has 3 nitrogen and oxygen atoms in total. The highest BCUT2D eigenvalue weighted by Crippen LogP contribution is 2.30. The van der Waals surface area contributed by atoms with Crippen LogP contribution in [0.2, 0.25) is 5.02 Å². The van der Waals surface area contributed by atoms with Crippen molar-refractivity contribution >= 4 is 23.3 Å². The van der Waals surface area contributed by atoms with Gasteiger partial charge >= 0.3 is 6.03 Å². The molecule has 0 unspecified atom stereocenters. The number of aryl methyl sites for hydroxylation is 1. The van der Waals surface area contributed by atoms with Crippen molar-refractivity contribution in [2.75, 3.05) is 5.32 Å². The van der Waals surface area contributed by atoms with Crippen LogP contribution in [0.25, 0.3) is 0 Å². The number of halogens is 1. The number of urea groups is 1. The summed E-state index contributed by atoms with van der Waals surface area (Å²) in [5.41, 5.74) is 2.94. The summed E-state index contributed by atoms with van der Waals surface area (Å²) in [6.45, 7) is 4.01. The Morgan fingerprint density at radius 3 is 2.70 bits per heavy atom.